The van der Waals surface area contributed by atoms with Gasteiger partial charge in [0, 0.05) is 13.0 Å². The number of rotatable bonds is 7. The topological polar surface area (TPSA) is 35.5 Å². The summed E-state index contributed by atoms with van der Waals surface area (Å²) in [6.45, 7) is 6.64. The van der Waals surface area contributed by atoms with Gasteiger partial charge in [0.05, 0.1) is 6.10 Å². The Hall–Kier alpha value is -0.0900. The molecule has 0 bridgehead atoms. The van der Waals surface area contributed by atoms with Crippen LogP contribution in [0, 0.1) is 0 Å². The molecule has 0 amide bonds. The number of hydrogen-bond donors (Lipinski definition) is 0. The van der Waals surface area contributed by atoms with Crippen LogP contribution in [0.3, 0.4) is 0 Å². The molecule has 0 aromatic rings. The normalized spacial score (nSPS) is 14.9. The molecule has 0 N–H and O–H groups in total. The van der Waals surface area contributed by atoms with E-state index in [2.05, 4.69) is 22.9 Å². The quantitative estimate of drug-likeness (QED) is 0.525. The number of ether oxygens (including phenoxy) is 2. The molecule has 2 atom stereocenters. The van der Waals surface area contributed by atoms with E-state index >= 15 is 0 Å². The van der Waals surface area contributed by atoms with Crippen molar-refractivity contribution in [3.63, 3.8) is 0 Å². The van der Waals surface area contributed by atoms with Crippen molar-refractivity contribution in [2.45, 2.75) is 45.8 Å². The van der Waals surface area contributed by atoms with Crippen LogP contribution >= 0.6 is 15.9 Å². The third kappa shape index (κ3) is 6.38. The first-order valence-corrected chi connectivity index (χ1v) is 6.13. The second kappa shape index (κ2) is 8.24. The standard InChI is InChI=1S/C10H19BrO3/c1-4-9(13-5-2)6-8(3)14-10(12)7-11/h8-9H,4-7H2,1-3H3. The molecule has 0 aromatic carbocycles. The van der Waals surface area contributed by atoms with Crippen LogP contribution in [0.1, 0.15) is 33.6 Å². The van der Waals surface area contributed by atoms with Gasteiger partial charge >= 0.3 is 5.97 Å². The summed E-state index contributed by atoms with van der Waals surface area (Å²) in [4.78, 5) is 10.9. The Bertz CT molecular complexity index is 161. The van der Waals surface area contributed by atoms with E-state index in [-0.39, 0.29) is 23.5 Å². The summed E-state index contributed by atoms with van der Waals surface area (Å²) >= 11 is 3.05. The zero-order valence-corrected chi connectivity index (χ0v) is 10.7. The van der Waals surface area contributed by atoms with Crippen LogP contribution in [0.2, 0.25) is 0 Å². The van der Waals surface area contributed by atoms with Crippen molar-refractivity contribution in [3.05, 3.63) is 0 Å². The van der Waals surface area contributed by atoms with Crippen LogP contribution in [0.25, 0.3) is 0 Å². The molecule has 0 aliphatic carbocycles. The molecule has 0 fully saturated rings. The van der Waals surface area contributed by atoms with Crippen LogP contribution in [0.15, 0.2) is 0 Å². The molecule has 0 aliphatic heterocycles. The fourth-order valence-corrected chi connectivity index (χ4v) is 1.39. The van der Waals surface area contributed by atoms with Gasteiger partial charge in [-0.3, -0.25) is 4.79 Å². The van der Waals surface area contributed by atoms with Gasteiger partial charge in [-0.05, 0) is 20.3 Å². The molecule has 0 saturated carbocycles. The molecule has 3 nitrogen and oxygen atoms in total. The van der Waals surface area contributed by atoms with E-state index in [0.717, 1.165) is 12.8 Å². The monoisotopic (exact) mass is 266 g/mol. The molecule has 0 saturated heterocycles. The zero-order chi connectivity index (χ0) is 11.0. The van der Waals surface area contributed by atoms with Crippen molar-refractivity contribution in [3.8, 4) is 0 Å². The Morgan fingerprint density at radius 1 is 1.43 bits per heavy atom. The van der Waals surface area contributed by atoms with Crippen LogP contribution in [0.5, 0.6) is 0 Å². The largest absolute Gasteiger partial charge is 0.462 e. The van der Waals surface area contributed by atoms with Crippen molar-refractivity contribution < 1.29 is 14.3 Å². The average Bonchev–Trinajstić information content (AvgIpc) is 2.16. The SMILES string of the molecule is CCOC(CC)CC(C)OC(=O)CBr. The molecule has 4 heteroatoms. The van der Waals surface area contributed by atoms with E-state index in [1.165, 1.54) is 0 Å². The second-order valence-corrected chi connectivity index (χ2v) is 3.72. The van der Waals surface area contributed by atoms with E-state index in [4.69, 9.17) is 9.47 Å². The first-order chi connectivity index (χ1) is 6.63. The smallest absolute Gasteiger partial charge is 0.316 e. The molecular weight excluding hydrogens is 248 g/mol. The summed E-state index contributed by atoms with van der Waals surface area (Å²) in [5, 5.41) is 0.253. The highest BCUT2D eigenvalue weighted by molar-refractivity contribution is 9.09. The van der Waals surface area contributed by atoms with Gasteiger partial charge in [0.2, 0.25) is 0 Å². The molecule has 0 heterocycles. The first kappa shape index (κ1) is 13.9. The van der Waals surface area contributed by atoms with Gasteiger partial charge in [-0.1, -0.05) is 22.9 Å². The van der Waals surface area contributed by atoms with Gasteiger partial charge in [-0.2, -0.15) is 0 Å². The van der Waals surface area contributed by atoms with Crippen LogP contribution in [0.4, 0.5) is 0 Å². The Morgan fingerprint density at radius 3 is 2.50 bits per heavy atom. The number of carbonyl (C=O) groups excluding carboxylic acids is 1. The van der Waals surface area contributed by atoms with Gasteiger partial charge in [0.25, 0.3) is 0 Å². The molecule has 2 unspecified atom stereocenters. The first-order valence-electron chi connectivity index (χ1n) is 5.01. The number of hydrogen-bond acceptors (Lipinski definition) is 3. The molecule has 84 valence electrons. The average molecular weight is 267 g/mol. The highest BCUT2D eigenvalue weighted by Gasteiger charge is 2.14. The van der Waals surface area contributed by atoms with Gasteiger partial charge in [0.15, 0.2) is 0 Å². The lowest BCUT2D eigenvalue weighted by atomic mass is 10.1. The molecule has 0 radical (unpaired) electrons. The fourth-order valence-electron chi connectivity index (χ4n) is 1.26. The lowest BCUT2D eigenvalue weighted by Crippen LogP contribution is -2.23. The van der Waals surface area contributed by atoms with Crippen LogP contribution in [-0.4, -0.2) is 30.1 Å². The van der Waals surface area contributed by atoms with E-state index in [0.29, 0.717) is 6.61 Å². The van der Waals surface area contributed by atoms with E-state index in [9.17, 15) is 4.79 Å². The molecule has 0 spiro atoms. The van der Waals surface area contributed by atoms with Crippen molar-refractivity contribution in [1.29, 1.82) is 0 Å². The maximum absolute atomic E-state index is 10.9. The molecular formula is C10H19BrO3. The molecule has 0 rings (SSSR count). The predicted molar refractivity (Wildman–Crippen MR) is 59.7 cm³/mol. The lowest BCUT2D eigenvalue weighted by molar-refractivity contribution is -0.146. The Morgan fingerprint density at radius 2 is 2.07 bits per heavy atom. The van der Waals surface area contributed by atoms with Crippen molar-refractivity contribution in [2.24, 2.45) is 0 Å². The Labute approximate surface area is 94.3 Å². The number of halogens is 1. The Kier molecular flexibility index (Phi) is 8.18. The van der Waals surface area contributed by atoms with Crippen molar-refractivity contribution >= 4 is 21.9 Å². The van der Waals surface area contributed by atoms with E-state index in [1.807, 2.05) is 13.8 Å². The Balaban J connectivity index is 3.77. The van der Waals surface area contributed by atoms with Gasteiger partial charge < -0.3 is 9.47 Å². The van der Waals surface area contributed by atoms with Crippen LogP contribution < -0.4 is 0 Å². The fraction of sp³-hybridized carbons (Fsp3) is 0.900. The minimum absolute atomic E-state index is 0.0726. The van der Waals surface area contributed by atoms with Gasteiger partial charge in [0.1, 0.15) is 11.4 Å². The summed E-state index contributed by atoms with van der Waals surface area (Å²) in [6.07, 6.45) is 1.84. The van der Waals surface area contributed by atoms with Crippen molar-refractivity contribution in [1.82, 2.24) is 0 Å². The number of esters is 1. The number of alkyl halides is 1. The van der Waals surface area contributed by atoms with Crippen LogP contribution in [-0.2, 0) is 14.3 Å². The summed E-state index contributed by atoms with van der Waals surface area (Å²) in [5.74, 6) is -0.219. The highest BCUT2D eigenvalue weighted by atomic mass is 79.9. The van der Waals surface area contributed by atoms with Crippen molar-refractivity contribution in [2.75, 3.05) is 11.9 Å². The summed E-state index contributed by atoms with van der Waals surface area (Å²) in [7, 11) is 0. The second-order valence-electron chi connectivity index (χ2n) is 3.16. The van der Waals surface area contributed by atoms with E-state index < -0.39 is 0 Å². The zero-order valence-electron chi connectivity index (χ0n) is 9.09. The summed E-state index contributed by atoms with van der Waals surface area (Å²) < 4.78 is 10.6. The molecule has 0 aromatic heterocycles. The minimum atomic E-state index is -0.219. The third-order valence-corrected chi connectivity index (χ3v) is 2.35. The van der Waals surface area contributed by atoms with Gasteiger partial charge in [-0.25, -0.2) is 0 Å². The lowest BCUT2D eigenvalue weighted by Gasteiger charge is -2.19. The predicted octanol–water partition coefficient (Wildman–Crippen LogP) is 2.52. The third-order valence-electron chi connectivity index (χ3n) is 1.89. The molecule has 0 aliphatic rings. The van der Waals surface area contributed by atoms with Gasteiger partial charge in [-0.15, -0.1) is 0 Å². The summed E-state index contributed by atoms with van der Waals surface area (Å²) in [5.41, 5.74) is 0. The maximum Gasteiger partial charge on any atom is 0.316 e. The molecule has 14 heavy (non-hydrogen) atoms. The highest BCUT2D eigenvalue weighted by Crippen LogP contribution is 2.10. The number of carbonyl (C=O) groups is 1. The minimum Gasteiger partial charge on any atom is -0.462 e. The maximum atomic E-state index is 10.9. The summed E-state index contributed by atoms with van der Waals surface area (Å²) in [6, 6.07) is 0. The van der Waals surface area contributed by atoms with E-state index in [1.54, 1.807) is 0 Å².